The minimum atomic E-state index is 0.0162. The summed E-state index contributed by atoms with van der Waals surface area (Å²) in [6, 6.07) is 0.590. The van der Waals surface area contributed by atoms with Crippen molar-refractivity contribution in [3.05, 3.63) is 11.9 Å². The summed E-state index contributed by atoms with van der Waals surface area (Å²) in [5.74, 6) is 0.850. The van der Waals surface area contributed by atoms with Gasteiger partial charge in [0.25, 0.3) is 0 Å². The third-order valence-corrected chi connectivity index (χ3v) is 3.94. The summed E-state index contributed by atoms with van der Waals surface area (Å²) < 4.78 is 1.93. The molecular formula is C14H26N4. The minimum absolute atomic E-state index is 0.0162. The van der Waals surface area contributed by atoms with Crippen LogP contribution in [0.5, 0.6) is 0 Å². The monoisotopic (exact) mass is 250 g/mol. The van der Waals surface area contributed by atoms with Gasteiger partial charge in [-0.2, -0.15) is 0 Å². The fourth-order valence-electron chi connectivity index (χ4n) is 2.60. The van der Waals surface area contributed by atoms with Crippen molar-refractivity contribution in [2.75, 3.05) is 0 Å². The van der Waals surface area contributed by atoms with Crippen LogP contribution >= 0.6 is 0 Å². The van der Waals surface area contributed by atoms with Crippen LogP contribution in [0.3, 0.4) is 0 Å². The Bertz CT molecular complexity index is 371. The molecule has 18 heavy (non-hydrogen) atoms. The highest BCUT2D eigenvalue weighted by molar-refractivity contribution is 4.95. The van der Waals surface area contributed by atoms with E-state index in [9.17, 15) is 0 Å². The van der Waals surface area contributed by atoms with Crippen LogP contribution in [0.2, 0.25) is 0 Å². The number of hydrogen-bond acceptors (Lipinski definition) is 3. The molecule has 1 aromatic rings. The first-order chi connectivity index (χ1) is 8.47. The smallest absolute Gasteiger partial charge is 0.0965 e. The Hall–Kier alpha value is -0.900. The number of aromatic nitrogens is 3. The van der Waals surface area contributed by atoms with Crippen molar-refractivity contribution in [1.29, 1.82) is 0 Å². The van der Waals surface area contributed by atoms with Crippen LogP contribution in [0.15, 0.2) is 6.20 Å². The highest BCUT2D eigenvalue weighted by Crippen LogP contribution is 2.27. The average Bonchev–Trinajstić information content (AvgIpc) is 2.96. The molecule has 1 atom stereocenters. The maximum absolute atomic E-state index is 4.23. The molecule has 1 saturated carbocycles. The molecule has 0 saturated heterocycles. The quantitative estimate of drug-likeness (QED) is 0.893. The minimum Gasteiger partial charge on any atom is -0.308 e. The molecule has 0 unspecified atom stereocenters. The normalized spacial score (nSPS) is 19.3. The summed E-state index contributed by atoms with van der Waals surface area (Å²) in [7, 11) is 0. The first kappa shape index (κ1) is 13.5. The summed E-state index contributed by atoms with van der Waals surface area (Å²) >= 11 is 0. The second-order valence-electron chi connectivity index (χ2n) is 6.54. The zero-order chi connectivity index (χ0) is 13.2. The van der Waals surface area contributed by atoms with E-state index in [1.807, 2.05) is 10.9 Å². The Morgan fingerprint density at radius 2 is 2.06 bits per heavy atom. The standard InChI is InChI=1S/C14H26N4/c1-11(12-7-5-6-8-12)15-9-13-10-18(17-16-13)14(2,3)4/h10-12,15H,5-9H2,1-4H3/t11-/m1/s1. The molecule has 0 aliphatic heterocycles. The van der Waals surface area contributed by atoms with Gasteiger partial charge in [0.05, 0.1) is 17.4 Å². The molecule has 0 aromatic carbocycles. The largest absolute Gasteiger partial charge is 0.308 e. The highest BCUT2D eigenvalue weighted by atomic mass is 15.4. The van der Waals surface area contributed by atoms with Gasteiger partial charge in [0.2, 0.25) is 0 Å². The van der Waals surface area contributed by atoms with Crippen molar-refractivity contribution in [1.82, 2.24) is 20.3 Å². The zero-order valence-electron chi connectivity index (χ0n) is 12.1. The SMILES string of the molecule is C[C@@H](NCc1cn(C(C)(C)C)nn1)C1CCCC1. The van der Waals surface area contributed by atoms with Gasteiger partial charge in [-0.1, -0.05) is 18.1 Å². The van der Waals surface area contributed by atoms with Gasteiger partial charge in [-0.3, -0.25) is 0 Å². The van der Waals surface area contributed by atoms with Crippen molar-refractivity contribution in [3.63, 3.8) is 0 Å². The molecule has 0 radical (unpaired) electrons. The lowest BCUT2D eigenvalue weighted by Gasteiger charge is -2.19. The van der Waals surface area contributed by atoms with E-state index in [2.05, 4.69) is 43.3 Å². The third kappa shape index (κ3) is 3.31. The fraction of sp³-hybridized carbons (Fsp3) is 0.857. The van der Waals surface area contributed by atoms with Gasteiger partial charge in [0, 0.05) is 12.6 Å². The number of nitrogens with one attached hydrogen (secondary N) is 1. The lowest BCUT2D eigenvalue weighted by atomic mass is 10.00. The molecule has 1 aliphatic carbocycles. The van der Waals surface area contributed by atoms with E-state index in [1.165, 1.54) is 25.7 Å². The van der Waals surface area contributed by atoms with Crippen LogP contribution in [-0.4, -0.2) is 21.0 Å². The van der Waals surface area contributed by atoms with E-state index >= 15 is 0 Å². The number of rotatable bonds is 4. The van der Waals surface area contributed by atoms with E-state index in [0.29, 0.717) is 6.04 Å². The first-order valence-electron chi connectivity index (χ1n) is 7.12. The maximum atomic E-state index is 4.23. The van der Waals surface area contributed by atoms with Gasteiger partial charge >= 0.3 is 0 Å². The summed E-state index contributed by atoms with van der Waals surface area (Å²) in [6.45, 7) is 9.54. The van der Waals surface area contributed by atoms with Crippen molar-refractivity contribution in [3.8, 4) is 0 Å². The van der Waals surface area contributed by atoms with Crippen LogP contribution in [0, 0.1) is 5.92 Å². The lowest BCUT2D eigenvalue weighted by Crippen LogP contribution is -2.31. The Kier molecular flexibility index (Phi) is 4.05. The summed E-state index contributed by atoms with van der Waals surface area (Å²) in [6.07, 6.45) is 7.61. The summed E-state index contributed by atoms with van der Waals surface area (Å²) in [5.41, 5.74) is 1.05. The van der Waals surface area contributed by atoms with Crippen LogP contribution in [0.1, 0.15) is 59.1 Å². The van der Waals surface area contributed by atoms with Crippen molar-refractivity contribution in [2.24, 2.45) is 5.92 Å². The van der Waals surface area contributed by atoms with E-state index in [4.69, 9.17) is 0 Å². The van der Waals surface area contributed by atoms with Gasteiger partial charge < -0.3 is 5.32 Å². The molecule has 0 amide bonds. The Morgan fingerprint density at radius 1 is 1.39 bits per heavy atom. The predicted molar refractivity (Wildman–Crippen MR) is 73.3 cm³/mol. The maximum Gasteiger partial charge on any atom is 0.0965 e. The predicted octanol–water partition coefficient (Wildman–Crippen LogP) is 2.70. The number of nitrogens with zero attached hydrogens (tertiary/aromatic N) is 3. The molecule has 1 aromatic heterocycles. The topological polar surface area (TPSA) is 42.7 Å². The second-order valence-corrected chi connectivity index (χ2v) is 6.54. The van der Waals surface area contributed by atoms with Gasteiger partial charge in [0.1, 0.15) is 0 Å². The molecule has 1 heterocycles. The van der Waals surface area contributed by atoms with E-state index in [1.54, 1.807) is 0 Å². The van der Waals surface area contributed by atoms with Crippen LogP contribution in [-0.2, 0) is 12.1 Å². The van der Waals surface area contributed by atoms with Gasteiger partial charge in [0.15, 0.2) is 0 Å². The lowest BCUT2D eigenvalue weighted by molar-refractivity contribution is 0.346. The third-order valence-electron chi connectivity index (χ3n) is 3.94. The fourth-order valence-corrected chi connectivity index (χ4v) is 2.60. The van der Waals surface area contributed by atoms with Crippen molar-refractivity contribution >= 4 is 0 Å². The molecule has 0 spiro atoms. The molecule has 1 fully saturated rings. The van der Waals surface area contributed by atoms with Gasteiger partial charge in [-0.15, -0.1) is 5.10 Å². The van der Waals surface area contributed by atoms with E-state index < -0.39 is 0 Å². The molecule has 4 heteroatoms. The Balaban J connectivity index is 1.84. The van der Waals surface area contributed by atoms with Crippen LogP contribution < -0.4 is 5.32 Å². The first-order valence-corrected chi connectivity index (χ1v) is 7.12. The van der Waals surface area contributed by atoms with Gasteiger partial charge in [-0.05, 0) is 46.5 Å². The Labute approximate surface area is 110 Å². The molecule has 1 aliphatic rings. The highest BCUT2D eigenvalue weighted by Gasteiger charge is 2.21. The van der Waals surface area contributed by atoms with E-state index in [0.717, 1.165) is 18.2 Å². The van der Waals surface area contributed by atoms with Gasteiger partial charge in [-0.25, -0.2) is 4.68 Å². The van der Waals surface area contributed by atoms with Crippen LogP contribution in [0.25, 0.3) is 0 Å². The van der Waals surface area contributed by atoms with E-state index in [-0.39, 0.29) is 5.54 Å². The molecule has 2 rings (SSSR count). The van der Waals surface area contributed by atoms with Crippen molar-refractivity contribution < 1.29 is 0 Å². The molecule has 102 valence electrons. The van der Waals surface area contributed by atoms with Crippen LogP contribution in [0.4, 0.5) is 0 Å². The second kappa shape index (κ2) is 5.39. The molecule has 1 N–H and O–H groups in total. The molecular weight excluding hydrogens is 224 g/mol. The average molecular weight is 250 g/mol. The zero-order valence-corrected chi connectivity index (χ0v) is 12.1. The summed E-state index contributed by atoms with van der Waals surface area (Å²) in [4.78, 5) is 0. The molecule has 4 nitrogen and oxygen atoms in total. The number of hydrogen-bond donors (Lipinski definition) is 1. The summed E-state index contributed by atoms with van der Waals surface area (Å²) in [5, 5.41) is 12.0. The van der Waals surface area contributed by atoms with Crippen molar-refractivity contribution in [2.45, 2.75) is 71.5 Å². The Morgan fingerprint density at radius 3 is 2.61 bits per heavy atom. The molecule has 0 bridgehead atoms.